The van der Waals surface area contributed by atoms with Gasteiger partial charge in [-0.25, -0.2) is 14.8 Å². The minimum absolute atomic E-state index is 0.00422. The second kappa shape index (κ2) is 5.36. The molecule has 0 amide bonds. The van der Waals surface area contributed by atoms with Crippen molar-refractivity contribution in [3.8, 4) is 0 Å². The molecule has 0 spiro atoms. The Morgan fingerprint density at radius 3 is 2.68 bits per heavy atom. The van der Waals surface area contributed by atoms with Gasteiger partial charge < -0.3 is 10.4 Å². The fourth-order valence-electron chi connectivity index (χ4n) is 1.69. The molecule has 0 aromatic carbocycles. The van der Waals surface area contributed by atoms with E-state index in [1.807, 2.05) is 19.9 Å². The lowest BCUT2D eigenvalue weighted by Gasteiger charge is -2.12. The van der Waals surface area contributed by atoms with E-state index < -0.39 is 5.97 Å². The fourth-order valence-corrected chi connectivity index (χ4v) is 2.57. The van der Waals surface area contributed by atoms with Crippen LogP contribution in [0.15, 0.2) is 18.2 Å². The highest BCUT2D eigenvalue weighted by Crippen LogP contribution is 2.24. The summed E-state index contributed by atoms with van der Waals surface area (Å²) in [5.74, 6) is -0.705. The summed E-state index contributed by atoms with van der Waals surface area (Å²) in [4.78, 5) is 21.5. The van der Waals surface area contributed by atoms with Gasteiger partial charge in [0.05, 0.1) is 6.04 Å². The smallest absolute Gasteiger partial charge is 0.354 e. The number of nitrogens with one attached hydrogen (secondary N) is 1. The van der Waals surface area contributed by atoms with E-state index in [2.05, 4.69) is 21.4 Å². The lowest BCUT2D eigenvalue weighted by Crippen LogP contribution is -2.11. The Labute approximate surface area is 115 Å². The number of nitrogens with zero attached hydrogens (tertiary/aromatic N) is 2. The van der Waals surface area contributed by atoms with E-state index in [9.17, 15) is 4.79 Å². The van der Waals surface area contributed by atoms with Gasteiger partial charge in [0.2, 0.25) is 5.95 Å². The van der Waals surface area contributed by atoms with Crippen LogP contribution in [0.4, 0.5) is 5.95 Å². The van der Waals surface area contributed by atoms with Crippen LogP contribution in [0, 0.1) is 13.8 Å². The maximum absolute atomic E-state index is 10.9. The van der Waals surface area contributed by atoms with Gasteiger partial charge in [-0.2, -0.15) is 0 Å². The predicted molar refractivity (Wildman–Crippen MR) is 74.8 cm³/mol. The summed E-state index contributed by atoms with van der Waals surface area (Å²) in [6, 6.07) is 5.60. The van der Waals surface area contributed by atoms with Gasteiger partial charge in [-0.3, -0.25) is 0 Å². The summed E-state index contributed by atoms with van der Waals surface area (Å²) >= 11 is 1.70. The Kier molecular flexibility index (Phi) is 3.80. The topological polar surface area (TPSA) is 75.1 Å². The van der Waals surface area contributed by atoms with Gasteiger partial charge in [-0.1, -0.05) is 0 Å². The molecule has 2 aromatic rings. The molecule has 2 rings (SSSR count). The molecule has 6 heteroatoms. The molecule has 0 aliphatic heterocycles. The quantitative estimate of drug-likeness (QED) is 0.898. The van der Waals surface area contributed by atoms with Gasteiger partial charge in [0, 0.05) is 15.4 Å². The van der Waals surface area contributed by atoms with Gasteiger partial charge >= 0.3 is 5.97 Å². The van der Waals surface area contributed by atoms with Crippen molar-refractivity contribution in [1.29, 1.82) is 0 Å². The standard InChI is InChI=1S/C13H15N3O2S/c1-7-6-10(12(17)18)16-13(14-7)15-9(3)11-5-4-8(2)19-11/h4-6,9H,1-3H3,(H,17,18)(H,14,15,16). The first-order valence-electron chi connectivity index (χ1n) is 5.87. The number of thiophene rings is 1. The first-order valence-corrected chi connectivity index (χ1v) is 6.69. The number of rotatable bonds is 4. The number of aromatic nitrogens is 2. The number of aromatic carboxylic acids is 1. The van der Waals surface area contributed by atoms with Crippen LogP contribution in [-0.4, -0.2) is 21.0 Å². The number of anilines is 1. The number of hydrogen-bond donors (Lipinski definition) is 2. The lowest BCUT2D eigenvalue weighted by atomic mass is 10.3. The molecule has 19 heavy (non-hydrogen) atoms. The first kappa shape index (κ1) is 13.5. The molecule has 2 N–H and O–H groups in total. The molecular weight excluding hydrogens is 262 g/mol. The monoisotopic (exact) mass is 277 g/mol. The molecule has 1 unspecified atom stereocenters. The zero-order valence-corrected chi connectivity index (χ0v) is 11.8. The minimum Gasteiger partial charge on any atom is -0.477 e. The van der Waals surface area contributed by atoms with Crippen molar-refractivity contribution < 1.29 is 9.90 Å². The average molecular weight is 277 g/mol. The van der Waals surface area contributed by atoms with Gasteiger partial charge in [-0.15, -0.1) is 11.3 Å². The summed E-state index contributed by atoms with van der Waals surface area (Å²) in [7, 11) is 0. The molecule has 0 radical (unpaired) electrons. The van der Waals surface area contributed by atoms with Crippen molar-refractivity contribution >= 4 is 23.3 Å². The molecule has 0 aliphatic carbocycles. The van der Waals surface area contributed by atoms with Crippen LogP contribution in [0.1, 0.15) is 38.9 Å². The number of carbonyl (C=O) groups is 1. The van der Waals surface area contributed by atoms with Crippen molar-refractivity contribution in [3.63, 3.8) is 0 Å². The fraction of sp³-hybridized carbons (Fsp3) is 0.308. The van der Waals surface area contributed by atoms with E-state index in [1.165, 1.54) is 15.8 Å². The minimum atomic E-state index is -1.05. The summed E-state index contributed by atoms with van der Waals surface area (Å²) in [6.07, 6.45) is 0. The van der Waals surface area contributed by atoms with Gasteiger partial charge in [0.25, 0.3) is 0 Å². The van der Waals surface area contributed by atoms with Crippen LogP contribution in [0.3, 0.4) is 0 Å². The maximum atomic E-state index is 10.9. The average Bonchev–Trinajstić information content (AvgIpc) is 2.75. The number of hydrogen-bond acceptors (Lipinski definition) is 5. The van der Waals surface area contributed by atoms with Crippen LogP contribution in [0.2, 0.25) is 0 Å². The van der Waals surface area contributed by atoms with E-state index in [-0.39, 0.29) is 11.7 Å². The van der Waals surface area contributed by atoms with E-state index in [1.54, 1.807) is 18.3 Å². The van der Waals surface area contributed by atoms with E-state index in [0.717, 1.165) is 0 Å². The zero-order valence-electron chi connectivity index (χ0n) is 11.0. The van der Waals surface area contributed by atoms with Gasteiger partial charge in [0.1, 0.15) is 0 Å². The highest BCUT2D eigenvalue weighted by Gasteiger charge is 2.12. The third-order valence-corrected chi connectivity index (χ3v) is 3.79. The Hall–Kier alpha value is -1.95. The molecule has 0 bridgehead atoms. The third-order valence-electron chi connectivity index (χ3n) is 2.61. The molecule has 0 saturated carbocycles. The van der Waals surface area contributed by atoms with Crippen LogP contribution >= 0.6 is 11.3 Å². The SMILES string of the molecule is Cc1cc(C(=O)O)nc(NC(C)c2ccc(C)s2)n1. The van der Waals surface area contributed by atoms with Crippen molar-refractivity contribution in [3.05, 3.63) is 39.3 Å². The van der Waals surface area contributed by atoms with Crippen LogP contribution in [0.5, 0.6) is 0 Å². The number of carboxylic acid groups (broad SMARTS) is 1. The zero-order chi connectivity index (χ0) is 14.0. The highest BCUT2D eigenvalue weighted by molar-refractivity contribution is 7.12. The van der Waals surface area contributed by atoms with E-state index >= 15 is 0 Å². The molecule has 2 aromatic heterocycles. The van der Waals surface area contributed by atoms with Gasteiger partial charge in [-0.05, 0) is 39.0 Å². The second-order valence-electron chi connectivity index (χ2n) is 4.34. The van der Waals surface area contributed by atoms with Crippen LogP contribution in [-0.2, 0) is 0 Å². The van der Waals surface area contributed by atoms with Crippen molar-refractivity contribution in [2.75, 3.05) is 5.32 Å². The summed E-state index contributed by atoms with van der Waals surface area (Å²) in [6.45, 7) is 5.79. The molecular formula is C13H15N3O2S. The number of aryl methyl sites for hydroxylation is 2. The van der Waals surface area contributed by atoms with Crippen LogP contribution in [0.25, 0.3) is 0 Å². The molecule has 0 fully saturated rings. The Morgan fingerprint density at radius 2 is 2.11 bits per heavy atom. The predicted octanol–water partition coefficient (Wildman–Crippen LogP) is 3.03. The lowest BCUT2D eigenvalue weighted by molar-refractivity contribution is 0.0690. The Balaban J connectivity index is 2.21. The maximum Gasteiger partial charge on any atom is 0.354 e. The molecule has 1 atom stereocenters. The molecule has 2 heterocycles. The summed E-state index contributed by atoms with van der Waals surface area (Å²) in [5.41, 5.74) is 0.633. The normalized spacial score (nSPS) is 12.2. The second-order valence-corrected chi connectivity index (χ2v) is 5.66. The van der Waals surface area contributed by atoms with Crippen molar-refractivity contribution in [1.82, 2.24) is 9.97 Å². The van der Waals surface area contributed by atoms with Crippen molar-refractivity contribution in [2.24, 2.45) is 0 Å². The summed E-state index contributed by atoms with van der Waals surface area (Å²) in [5, 5.41) is 12.1. The number of carboxylic acids is 1. The van der Waals surface area contributed by atoms with Crippen molar-refractivity contribution in [2.45, 2.75) is 26.8 Å². The Bertz CT molecular complexity index is 610. The highest BCUT2D eigenvalue weighted by atomic mass is 32.1. The van der Waals surface area contributed by atoms with Gasteiger partial charge in [0.15, 0.2) is 5.69 Å². The Morgan fingerprint density at radius 1 is 1.37 bits per heavy atom. The molecule has 0 saturated heterocycles. The summed E-state index contributed by atoms with van der Waals surface area (Å²) < 4.78 is 0. The first-order chi connectivity index (χ1) is 8.95. The largest absolute Gasteiger partial charge is 0.477 e. The third kappa shape index (κ3) is 3.29. The molecule has 5 nitrogen and oxygen atoms in total. The molecule has 100 valence electrons. The van der Waals surface area contributed by atoms with E-state index in [0.29, 0.717) is 11.6 Å². The van der Waals surface area contributed by atoms with Crippen LogP contribution < -0.4 is 5.32 Å². The molecule has 0 aliphatic rings. The van der Waals surface area contributed by atoms with E-state index in [4.69, 9.17) is 5.11 Å².